The Balaban J connectivity index is 0.000000177. The van der Waals surface area contributed by atoms with E-state index in [-0.39, 0.29) is 77.4 Å². The molecule has 14 unspecified atom stereocenters. The average Bonchev–Trinajstić information content (AvgIpc) is 1.64. The number of hydrogen-bond donors (Lipinski definition) is 3. The molecular formula is C86H150N2O9. The van der Waals surface area contributed by atoms with Gasteiger partial charge < -0.3 is 44.1 Å². The number of allylic oxidation sites excluding steroid dienone is 6. The van der Waals surface area contributed by atoms with Crippen molar-refractivity contribution >= 4 is 11.8 Å². The van der Waals surface area contributed by atoms with Gasteiger partial charge in [0, 0.05) is 37.8 Å². The van der Waals surface area contributed by atoms with E-state index < -0.39 is 29.8 Å². The number of fused-ring (bicyclic) bond motifs is 21. The van der Waals surface area contributed by atoms with Crippen LogP contribution in [-0.4, -0.2) is 123 Å². The Morgan fingerprint density at radius 2 is 0.753 bits per heavy atom. The van der Waals surface area contributed by atoms with Crippen LogP contribution in [0.15, 0.2) is 34.9 Å². The maximum absolute atomic E-state index is 12.4. The quantitative estimate of drug-likeness (QED) is 0.228. The first-order chi connectivity index (χ1) is 43.6. The van der Waals surface area contributed by atoms with Gasteiger partial charge in [0.25, 0.3) is 5.97 Å². The maximum atomic E-state index is 12.4. The van der Waals surface area contributed by atoms with Crippen molar-refractivity contribution in [1.29, 1.82) is 0 Å². The highest BCUT2D eigenvalue weighted by Crippen LogP contribution is 2.73. The number of carbonyl (C=O) groups is 2. The monoisotopic (exact) mass is 1360 g/mol. The van der Waals surface area contributed by atoms with Gasteiger partial charge in [-0.15, -0.1) is 0 Å². The highest BCUT2D eigenvalue weighted by molar-refractivity contribution is 5.80. The Morgan fingerprint density at radius 1 is 0.412 bits per heavy atom. The van der Waals surface area contributed by atoms with Crippen molar-refractivity contribution in [1.82, 2.24) is 9.80 Å². The van der Waals surface area contributed by atoms with E-state index in [1.807, 2.05) is 0 Å². The lowest BCUT2D eigenvalue weighted by Gasteiger charge is -2.64. The van der Waals surface area contributed by atoms with Crippen LogP contribution in [0.1, 0.15) is 307 Å². The summed E-state index contributed by atoms with van der Waals surface area (Å²) in [5.74, 6) is 5.51. The second kappa shape index (κ2) is 29.9. The molecule has 11 heteroatoms. The predicted octanol–water partition coefficient (Wildman–Crippen LogP) is 19.9. The second-order valence-electron chi connectivity index (χ2n) is 36.6. The summed E-state index contributed by atoms with van der Waals surface area (Å²) in [6, 6.07) is 1.40. The number of aliphatic hydroxyl groups is 2. The molecule has 16 rings (SSSR count). The topological polar surface area (TPSA) is 138 Å². The van der Waals surface area contributed by atoms with Crippen molar-refractivity contribution in [3.05, 3.63) is 34.9 Å². The Kier molecular flexibility index (Phi) is 24.9. The van der Waals surface area contributed by atoms with Crippen LogP contribution in [-0.2, 0) is 28.5 Å². The number of ketones is 1. The molecule has 0 radical (unpaired) electrons. The molecule has 0 spiro atoms. The van der Waals surface area contributed by atoms with Crippen LogP contribution in [0.25, 0.3) is 0 Å². The SMILES string of the molecule is C.C.C.C.C.C/C=C1/CCC2C3C(CC[C@]12C)[C@@]1(C)CCC(=O)CC1[C@H]1OC(C)(C)O[C@H]31.C/C=C1/CCC2C3C(CC[C@]12C)[C@@]1(C)CCC(N2CCCCC2)CC1[C@@H](O)[C@@H]3O.C/C=C1/CCC2C3C(CC[C@]12C)[C@@]1(C)CCC(N2CCCCC2)CC1[C@H]1OC(C)(C)O[C@H]31.CC(=O)O. The van der Waals surface area contributed by atoms with Gasteiger partial charge in [-0.05, 0) is 320 Å². The Labute approximate surface area is 594 Å². The molecule has 97 heavy (non-hydrogen) atoms. The fraction of sp³-hybridized carbons (Fsp3) is 0.907. The summed E-state index contributed by atoms with van der Waals surface area (Å²) in [6.45, 7) is 36.6. The normalized spacial score (nSPS) is 49.7. The number of ether oxygens (including phenoxy) is 4. The molecule has 16 fully saturated rings. The first-order valence-corrected chi connectivity index (χ1v) is 38.8. The molecule has 12 aliphatic carbocycles. The van der Waals surface area contributed by atoms with Crippen molar-refractivity contribution in [3.8, 4) is 0 Å². The van der Waals surface area contributed by atoms with E-state index in [4.69, 9.17) is 28.8 Å². The third kappa shape index (κ3) is 13.5. The van der Waals surface area contributed by atoms with Gasteiger partial charge in [0.15, 0.2) is 11.6 Å². The third-order valence-corrected chi connectivity index (χ3v) is 32.0. The summed E-state index contributed by atoms with van der Waals surface area (Å²) in [6.07, 6.45) is 41.0. The average molecular weight is 1360 g/mol. The Morgan fingerprint density at radius 3 is 1.15 bits per heavy atom. The molecule has 12 saturated carbocycles. The number of aliphatic hydroxyl groups excluding tert-OH is 2. The van der Waals surface area contributed by atoms with Crippen molar-refractivity contribution in [2.24, 2.45) is 104 Å². The zero-order valence-corrected chi connectivity index (χ0v) is 60.4. The van der Waals surface area contributed by atoms with Gasteiger partial charge in [0.2, 0.25) is 0 Å². The van der Waals surface area contributed by atoms with E-state index in [1.165, 1.54) is 174 Å². The van der Waals surface area contributed by atoms with E-state index >= 15 is 0 Å². The molecule has 4 saturated heterocycles. The second-order valence-corrected chi connectivity index (χ2v) is 36.6. The van der Waals surface area contributed by atoms with Crippen LogP contribution in [0.3, 0.4) is 0 Å². The molecule has 0 bridgehead atoms. The number of nitrogens with zero attached hydrogens (tertiary/aromatic N) is 2. The number of carboxylic acids is 1. The number of carbonyl (C=O) groups excluding carboxylic acids is 1. The van der Waals surface area contributed by atoms with Gasteiger partial charge in [-0.3, -0.25) is 9.59 Å². The van der Waals surface area contributed by atoms with Crippen molar-refractivity contribution in [2.45, 2.75) is 368 Å². The minimum atomic E-state index is -0.833. The predicted molar refractivity (Wildman–Crippen MR) is 399 cm³/mol. The van der Waals surface area contributed by atoms with Gasteiger partial charge in [-0.2, -0.15) is 0 Å². The molecule has 0 aromatic heterocycles. The minimum Gasteiger partial charge on any atom is -0.481 e. The number of piperidine rings is 2. The number of Topliss-reactive ketones (excluding diaryl/α,β-unsaturated/α-hetero) is 1. The third-order valence-electron chi connectivity index (χ3n) is 32.0. The molecule has 16 aliphatic rings. The summed E-state index contributed by atoms with van der Waals surface area (Å²) in [7, 11) is 0. The summed E-state index contributed by atoms with van der Waals surface area (Å²) in [5, 5.41) is 30.3. The van der Waals surface area contributed by atoms with Crippen LogP contribution in [0.4, 0.5) is 0 Å². The van der Waals surface area contributed by atoms with Crippen molar-refractivity contribution in [2.75, 3.05) is 26.2 Å². The fourth-order valence-electron chi connectivity index (χ4n) is 27.6. The molecule has 4 heterocycles. The number of aliphatic carboxylic acids is 1. The molecule has 11 nitrogen and oxygen atoms in total. The zero-order valence-electron chi connectivity index (χ0n) is 60.4. The fourth-order valence-corrected chi connectivity index (χ4v) is 27.6. The first-order valence-electron chi connectivity index (χ1n) is 38.8. The molecular weight excluding hydrogens is 1200 g/mol. The minimum absolute atomic E-state index is 0. The van der Waals surface area contributed by atoms with Crippen molar-refractivity contribution < 1.29 is 43.9 Å². The van der Waals surface area contributed by atoms with E-state index in [0.29, 0.717) is 94.0 Å². The first kappa shape index (κ1) is 80.7. The molecule has 3 N–H and O–H groups in total. The van der Waals surface area contributed by atoms with Gasteiger partial charge in [-0.1, -0.05) is 126 Å². The van der Waals surface area contributed by atoms with Crippen LogP contribution < -0.4 is 0 Å². The summed E-state index contributed by atoms with van der Waals surface area (Å²) in [5.41, 5.74) is 6.85. The van der Waals surface area contributed by atoms with Gasteiger partial charge >= 0.3 is 0 Å². The lowest BCUT2D eigenvalue weighted by atomic mass is 9.43. The number of rotatable bonds is 2. The highest BCUT2D eigenvalue weighted by atomic mass is 16.8. The maximum Gasteiger partial charge on any atom is 0.300 e. The summed E-state index contributed by atoms with van der Waals surface area (Å²) >= 11 is 0. The summed E-state index contributed by atoms with van der Waals surface area (Å²) < 4.78 is 26.9. The molecule has 0 aromatic carbocycles. The van der Waals surface area contributed by atoms with Crippen molar-refractivity contribution in [3.63, 3.8) is 0 Å². The molecule has 26 atom stereocenters. The molecule has 0 aromatic rings. The molecule has 4 aliphatic heterocycles. The van der Waals surface area contributed by atoms with E-state index in [2.05, 4.69) is 118 Å². The van der Waals surface area contributed by atoms with Crippen LogP contribution in [0, 0.1) is 104 Å². The van der Waals surface area contributed by atoms with Crippen LogP contribution in [0.5, 0.6) is 0 Å². The van der Waals surface area contributed by atoms with E-state index in [1.54, 1.807) is 16.7 Å². The number of hydrogen-bond acceptors (Lipinski definition) is 10. The smallest absolute Gasteiger partial charge is 0.300 e. The van der Waals surface area contributed by atoms with Gasteiger partial charge in [0.1, 0.15) is 5.78 Å². The Hall–Kier alpha value is -1.96. The van der Waals surface area contributed by atoms with E-state index in [0.717, 1.165) is 44.1 Å². The largest absolute Gasteiger partial charge is 0.481 e. The van der Waals surface area contributed by atoms with Crippen LogP contribution in [0.2, 0.25) is 0 Å². The van der Waals surface area contributed by atoms with E-state index in [9.17, 15) is 15.0 Å². The molecule has 558 valence electrons. The highest BCUT2D eigenvalue weighted by Gasteiger charge is 2.71. The number of likely N-dealkylation sites (tertiary alicyclic amines) is 2. The van der Waals surface area contributed by atoms with Gasteiger partial charge in [0.05, 0.1) is 36.6 Å². The lowest BCUT2D eigenvalue weighted by Crippen LogP contribution is -2.64. The summed E-state index contributed by atoms with van der Waals surface area (Å²) in [4.78, 5) is 26.9. The van der Waals surface area contributed by atoms with Crippen LogP contribution >= 0.6 is 0 Å². The number of carboxylic acid groups (broad SMARTS) is 1. The standard InChI is InChI=1S/C29H47NO2.C26H43NO2.C24H36O3.C2H4O2.5CH4/c1-6-19-10-11-21-24-22(13-15-28(19,21)4)29(5)14-12-20(30-16-8-7-9-17-30)18-23(29)25-26(24)32-27(2,3)31-25;1-4-17-8-9-19-22-20(11-13-25(17,19)2)26(3)12-10-18(27-14-6-5-7-15-27)16-21(26)23(28)24(22)29;1-6-14-7-8-16-19-17(10-12-23(14,16)4)24(5)11-9-15(25)13-18(24)20-21(19)27-22(2,3)26-20;1-2(3)4;;;;;/h6,20-26H,7-18H2,1-5H3;4,18-24,28-29H,5-16H2,1-3H3;6,16-21H,7-13H2,1-5H3;1H3,(H,3,4);5*1H4/b19-6-;17-4-;14-6-;;;;;;/t20?,21?,22?,23?,24?,25-,26-,28-,29-;18?,19?,20?,21?,22?,23-,24-,25-,26-;16?,17?,18?,19?,20-,21-,23-,24-;;;;;;/m111....../s1. The zero-order chi connectivity index (χ0) is 65.5. The Bertz CT molecular complexity index is 2790. The molecule has 0 amide bonds. The lowest BCUT2D eigenvalue weighted by molar-refractivity contribution is -0.215. The van der Waals surface area contributed by atoms with Gasteiger partial charge in [-0.25, -0.2) is 0 Å².